The predicted molar refractivity (Wildman–Crippen MR) is 69.2 cm³/mol. The summed E-state index contributed by atoms with van der Waals surface area (Å²) in [7, 11) is 0. The molecule has 1 saturated carbocycles. The summed E-state index contributed by atoms with van der Waals surface area (Å²) in [4.78, 5) is 3.77. The number of hydrogen-bond donors (Lipinski definition) is 3. The van der Waals surface area contributed by atoms with Gasteiger partial charge >= 0.3 is 0 Å². The molecule has 98 valence electrons. The second-order valence-electron chi connectivity index (χ2n) is 5.01. The van der Waals surface area contributed by atoms with Crippen molar-refractivity contribution in [1.82, 2.24) is 14.8 Å². The molecule has 1 fully saturated rings. The fourth-order valence-corrected chi connectivity index (χ4v) is 2.61. The van der Waals surface area contributed by atoms with Crippen LogP contribution in [-0.4, -0.2) is 20.6 Å². The third-order valence-electron chi connectivity index (χ3n) is 3.76. The van der Waals surface area contributed by atoms with Gasteiger partial charge in [-0.3, -0.25) is 10.8 Å². The average Bonchev–Trinajstić information content (AvgIpc) is 2.57. The van der Waals surface area contributed by atoms with Crippen LogP contribution in [0.25, 0.3) is 0 Å². The Bertz CT molecular complexity index is 492. The average molecular weight is 248 g/mol. The van der Waals surface area contributed by atoms with E-state index < -0.39 is 0 Å². The normalized spacial score (nSPS) is 24.5. The van der Waals surface area contributed by atoms with Gasteiger partial charge in [0.25, 0.3) is 0 Å². The summed E-state index contributed by atoms with van der Waals surface area (Å²) < 4.78 is 1.31. The van der Waals surface area contributed by atoms with Crippen LogP contribution in [0.15, 0.2) is 6.33 Å². The molecule has 2 rings (SSSR count). The topological polar surface area (TPSA) is 104 Å². The van der Waals surface area contributed by atoms with Gasteiger partial charge in [0.2, 0.25) is 0 Å². The molecule has 0 saturated heterocycles. The Hall–Kier alpha value is -1.72. The van der Waals surface area contributed by atoms with Crippen molar-refractivity contribution < 1.29 is 0 Å². The number of nitrogens with one attached hydrogen (secondary N) is 2. The molecule has 1 aliphatic rings. The first-order valence-corrected chi connectivity index (χ1v) is 6.44. The lowest BCUT2D eigenvalue weighted by atomic mass is 9.88. The lowest BCUT2D eigenvalue weighted by Gasteiger charge is -2.22. The molecule has 0 spiro atoms. The van der Waals surface area contributed by atoms with E-state index in [9.17, 15) is 0 Å². The Morgan fingerprint density at radius 2 is 2.11 bits per heavy atom. The molecule has 6 nitrogen and oxygen atoms in total. The number of nitrogens with two attached hydrogens (primary N) is 1. The molecule has 0 aromatic carbocycles. The maximum atomic E-state index is 8.29. The minimum Gasteiger partial charge on any atom is -0.381 e. The number of nitrogens with zero attached hydrogens (tertiary/aromatic N) is 3. The summed E-state index contributed by atoms with van der Waals surface area (Å²) in [6.07, 6.45) is 7.06. The van der Waals surface area contributed by atoms with Gasteiger partial charge in [0.15, 0.2) is 11.3 Å². The highest BCUT2D eigenvalue weighted by Crippen LogP contribution is 2.29. The maximum absolute atomic E-state index is 8.29. The summed E-state index contributed by atoms with van der Waals surface area (Å²) in [5.74, 6) is 1.12. The van der Waals surface area contributed by atoms with Crippen LogP contribution in [0.2, 0.25) is 0 Å². The largest absolute Gasteiger partial charge is 0.381 e. The Morgan fingerprint density at radius 1 is 1.39 bits per heavy atom. The lowest BCUT2D eigenvalue weighted by molar-refractivity contribution is 0.415. The molecular weight excluding hydrogens is 228 g/mol. The van der Waals surface area contributed by atoms with Crippen molar-refractivity contribution in [2.45, 2.75) is 39.0 Å². The third-order valence-corrected chi connectivity index (χ3v) is 3.76. The molecule has 0 radical (unpaired) electrons. The zero-order valence-corrected chi connectivity index (χ0v) is 10.7. The minimum absolute atomic E-state index is 0.0129. The van der Waals surface area contributed by atoms with Gasteiger partial charge < -0.3 is 5.73 Å². The molecule has 2 atom stereocenters. The number of rotatable bonds is 1. The van der Waals surface area contributed by atoms with Crippen LogP contribution < -0.4 is 11.2 Å². The van der Waals surface area contributed by atoms with E-state index in [1.165, 1.54) is 23.9 Å². The first kappa shape index (κ1) is 12.7. The quantitative estimate of drug-likeness (QED) is 0.397. The Balaban J connectivity index is 2.29. The van der Waals surface area contributed by atoms with E-state index in [2.05, 4.69) is 17.0 Å². The Labute approximate surface area is 106 Å². The van der Waals surface area contributed by atoms with E-state index in [-0.39, 0.29) is 17.2 Å². The van der Waals surface area contributed by atoms with E-state index in [0.29, 0.717) is 11.8 Å². The molecule has 1 aromatic rings. The number of aromatic nitrogens is 3. The molecule has 1 heterocycles. The van der Waals surface area contributed by atoms with Gasteiger partial charge in [-0.1, -0.05) is 32.6 Å². The van der Waals surface area contributed by atoms with Crippen molar-refractivity contribution in [2.75, 3.05) is 5.73 Å². The fraction of sp³-hybridized carbons (Fsp3) is 0.667. The first-order valence-electron chi connectivity index (χ1n) is 6.44. The molecule has 4 N–H and O–H groups in total. The van der Waals surface area contributed by atoms with Crippen LogP contribution in [-0.2, 0) is 0 Å². The van der Waals surface area contributed by atoms with Crippen LogP contribution >= 0.6 is 0 Å². The SMILES string of the molecule is CC1CCCCCC1C(=N)n1ncnc(N)c1=N. The van der Waals surface area contributed by atoms with Crippen molar-refractivity contribution in [3.05, 3.63) is 11.8 Å². The van der Waals surface area contributed by atoms with Crippen LogP contribution in [0.4, 0.5) is 5.82 Å². The van der Waals surface area contributed by atoms with Gasteiger partial charge in [-0.05, 0) is 12.3 Å². The summed E-state index contributed by atoms with van der Waals surface area (Å²) >= 11 is 0. The van der Waals surface area contributed by atoms with Crippen molar-refractivity contribution in [3.8, 4) is 0 Å². The molecule has 18 heavy (non-hydrogen) atoms. The highest BCUT2D eigenvalue weighted by Gasteiger charge is 2.25. The van der Waals surface area contributed by atoms with Crippen molar-refractivity contribution in [3.63, 3.8) is 0 Å². The van der Waals surface area contributed by atoms with Crippen LogP contribution in [0.1, 0.15) is 39.0 Å². The van der Waals surface area contributed by atoms with Crippen molar-refractivity contribution >= 4 is 11.7 Å². The van der Waals surface area contributed by atoms with Gasteiger partial charge in [0.05, 0.1) is 0 Å². The molecule has 1 aromatic heterocycles. The second-order valence-corrected chi connectivity index (χ2v) is 5.01. The zero-order chi connectivity index (χ0) is 13.1. The lowest BCUT2D eigenvalue weighted by Crippen LogP contribution is -2.37. The highest BCUT2D eigenvalue weighted by molar-refractivity contribution is 5.83. The molecule has 2 unspecified atom stereocenters. The first-order chi connectivity index (χ1) is 8.61. The third kappa shape index (κ3) is 2.42. The molecular formula is C12H20N6. The smallest absolute Gasteiger partial charge is 0.190 e. The number of hydrogen-bond acceptors (Lipinski definition) is 5. The molecule has 1 aliphatic carbocycles. The van der Waals surface area contributed by atoms with Crippen molar-refractivity contribution in [1.29, 1.82) is 10.8 Å². The highest BCUT2D eigenvalue weighted by atomic mass is 15.3. The maximum Gasteiger partial charge on any atom is 0.190 e. The summed E-state index contributed by atoms with van der Waals surface area (Å²) in [6.45, 7) is 2.18. The molecule has 0 amide bonds. The summed E-state index contributed by atoms with van der Waals surface area (Å²) in [6, 6.07) is 0. The molecule has 0 bridgehead atoms. The van der Waals surface area contributed by atoms with Gasteiger partial charge in [-0.15, -0.1) is 0 Å². The fourth-order valence-electron chi connectivity index (χ4n) is 2.61. The van der Waals surface area contributed by atoms with Gasteiger partial charge in [0, 0.05) is 5.92 Å². The van der Waals surface area contributed by atoms with Gasteiger partial charge in [0.1, 0.15) is 12.2 Å². The van der Waals surface area contributed by atoms with Crippen LogP contribution in [0.5, 0.6) is 0 Å². The number of nitrogen functional groups attached to an aromatic ring is 1. The van der Waals surface area contributed by atoms with E-state index in [1.54, 1.807) is 0 Å². The predicted octanol–water partition coefficient (Wildman–Crippen LogP) is 1.38. The molecule has 0 aliphatic heterocycles. The van der Waals surface area contributed by atoms with Crippen LogP contribution in [0.3, 0.4) is 0 Å². The summed E-state index contributed by atoms with van der Waals surface area (Å²) in [5.41, 5.74) is 5.61. The van der Waals surface area contributed by atoms with E-state index in [4.69, 9.17) is 16.6 Å². The Morgan fingerprint density at radius 3 is 2.89 bits per heavy atom. The Kier molecular flexibility index (Phi) is 3.74. The van der Waals surface area contributed by atoms with E-state index in [0.717, 1.165) is 19.3 Å². The second kappa shape index (κ2) is 5.29. The van der Waals surface area contributed by atoms with E-state index in [1.807, 2.05) is 0 Å². The van der Waals surface area contributed by atoms with Crippen molar-refractivity contribution in [2.24, 2.45) is 11.8 Å². The standard InChI is InChI=1S/C12H20N6/c1-8-5-3-2-4-6-9(8)11(14)18-12(15)10(13)16-7-17-18/h7-9,14-15H,2-6H2,1H3,(H2,13,16,17). The zero-order valence-electron chi connectivity index (χ0n) is 10.7. The summed E-state index contributed by atoms with van der Waals surface area (Å²) in [5, 5.41) is 20.1. The van der Waals surface area contributed by atoms with Crippen LogP contribution in [0, 0.1) is 22.7 Å². The number of anilines is 1. The van der Waals surface area contributed by atoms with Gasteiger partial charge in [-0.2, -0.15) is 9.78 Å². The minimum atomic E-state index is 0.0129. The van der Waals surface area contributed by atoms with Gasteiger partial charge in [-0.25, -0.2) is 4.98 Å². The molecule has 6 heteroatoms. The monoisotopic (exact) mass is 248 g/mol. The van der Waals surface area contributed by atoms with E-state index >= 15 is 0 Å².